The molecule has 0 unspecified atom stereocenters. The Kier molecular flexibility index (Phi) is 13.2. The van der Waals surface area contributed by atoms with E-state index in [0.29, 0.717) is 0 Å². The van der Waals surface area contributed by atoms with E-state index >= 15 is 0 Å². The first-order chi connectivity index (χ1) is 4.13. The highest BCUT2D eigenvalue weighted by atomic mass is 16.4. The number of hydrogen-bond donors (Lipinski definition) is 3. The van der Waals surface area contributed by atoms with Crippen LogP contribution in [0.15, 0.2) is 0 Å². The molecule has 0 saturated carbocycles. The summed E-state index contributed by atoms with van der Waals surface area (Å²) in [6.45, 7) is -0.929. The summed E-state index contributed by atoms with van der Waals surface area (Å²) in [5.41, 5.74) is 0. The van der Waals surface area contributed by atoms with Crippen LogP contribution in [0.4, 0.5) is 0 Å². The molecule has 0 rings (SSSR count). The number of aliphatic carboxylic acids is 2. The van der Waals surface area contributed by atoms with Crippen molar-refractivity contribution in [3.05, 3.63) is 0 Å². The molecule has 0 saturated heterocycles. The molecular formula is C4H13N3O4. The number of hydrogen-bond acceptors (Lipinski definition) is 5. The summed E-state index contributed by atoms with van der Waals surface area (Å²) in [7, 11) is 0. The zero-order valence-corrected chi connectivity index (χ0v) is 6.55. The second-order valence-corrected chi connectivity index (χ2v) is 1.35. The fourth-order valence-electron chi connectivity index (χ4n) is 0.267. The van der Waals surface area contributed by atoms with Gasteiger partial charge in [0.15, 0.2) is 0 Å². The lowest BCUT2D eigenvalue weighted by molar-refractivity contribution is -0.305. The van der Waals surface area contributed by atoms with E-state index in [1.54, 1.807) is 0 Å². The molecule has 0 radical (unpaired) electrons. The summed E-state index contributed by atoms with van der Waals surface area (Å²) in [6, 6.07) is 0. The molecule has 0 heterocycles. The average molecular weight is 167 g/mol. The molecule has 0 bridgehead atoms. The van der Waals surface area contributed by atoms with Crippen molar-refractivity contribution < 1.29 is 19.8 Å². The van der Waals surface area contributed by atoms with Crippen molar-refractivity contribution in [1.82, 2.24) is 17.6 Å². The van der Waals surface area contributed by atoms with Crippen LogP contribution < -0.4 is 27.8 Å². The third kappa shape index (κ3) is 17.7. The topological polar surface area (TPSA) is 165 Å². The number of carbonyl (C=O) groups excluding carboxylic acids is 2. The summed E-state index contributed by atoms with van der Waals surface area (Å²) in [5.74, 6) is -2.67. The van der Waals surface area contributed by atoms with Gasteiger partial charge in [-0.3, -0.25) is 0 Å². The standard InChI is InChI=1S/C4H7NO4.2H3N/c6-3(7)1-5-2-4(8)9;;/h5H,1-2H2,(H,6,7)(H,8,9);2*1H3. The number of carboxylic acids is 2. The Morgan fingerprint density at radius 1 is 1.00 bits per heavy atom. The second kappa shape index (κ2) is 8.82. The Hall–Kier alpha value is -1.18. The van der Waals surface area contributed by atoms with Gasteiger partial charge in [0.1, 0.15) is 0 Å². The first-order valence-corrected chi connectivity index (χ1v) is 2.23. The Morgan fingerprint density at radius 2 is 1.27 bits per heavy atom. The van der Waals surface area contributed by atoms with Crippen molar-refractivity contribution in [3.63, 3.8) is 0 Å². The van der Waals surface area contributed by atoms with Crippen LogP contribution >= 0.6 is 0 Å². The van der Waals surface area contributed by atoms with Gasteiger partial charge in [-0.1, -0.05) is 0 Å². The third-order valence-electron chi connectivity index (χ3n) is 0.539. The second-order valence-electron chi connectivity index (χ2n) is 1.35. The van der Waals surface area contributed by atoms with E-state index in [1.807, 2.05) is 0 Å². The molecule has 0 fully saturated rings. The van der Waals surface area contributed by atoms with Gasteiger partial charge in [-0.05, 0) is 0 Å². The summed E-state index contributed by atoms with van der Waals surface area (Å²) in [4.78, 5) is 19.2. The van der Waals surface area contributed by atoms with Crippen LogP contribution in [-0.4, -0.2) is 25.0 Å². The van der Waals surface area contributed by atoms with Gasteiger partial charge in [-0.2, -0.15) is 0 Å². The van der Waals surface area contributed by atoms with Crippen molar-refractivity contribution in [1.29, 1.82) is 0 Å². The van der Waals surface area contributed by atoms with Gasteiger partial charge in [-0.15, -0.1) is 0 Å². The van der Waals surface area contributed by atoms with Crippen LogP contribution in [-0.2, 0) is 9.59 Å². The molecule has 0 aliphatic carbocycles. The fraction of sp³-hybridized carbons (Fsp3) is 0.500. The van der Waals surface area contributed by atoms with E-state index < -0.39 is 25.0 Å². The normalized spacial score (nSPS) is 7.27. The predicted molar refractivity (Wildman–Crippen MR) is 34.9 cm³/mol. The molecule has 0 atom stereocenters. The van der Waals surface area contributed by atoms with E-state index in [9.17, 15) is 19.8 Å². The number of nitrogens with one attached hydrogen (secondary N) is 1. The molecule has 68 valence electrons. The van der Waals surface area contributed by atoms with Crippen LogP contribution in [0, 0.1) is 0 Å². The highest BCUT2D eigenvalue weighted by Crippen LogP contribution is 1.54. The number of carboxylic acid groups (broad SMARTS) is 2. The van der Waals surface area contributed by atoms with Gasteiger partial charge in [-0.25, -0.2) is 0 Å². The summed E-state index contributed by atoms with van der Waals surface area (Å²) < 4.78 is 0. The largest absolute Gasteiger partial charge is 0.549 e. The molecule has 0 aromatic carbocycles. The average Bonchev–Trinajstić information content (AvgIpc) is 1.63. The smallest absolute Gasteiger partial charge is 0.0552 e. The SMILES string of the molecule is O=C([O-])CNCC(=O)[O-].[NH4+].[NH4+]. The van der Waals surface area contributed by atoms with E-state index in [0.717, 1.165) is 0 Å². The minimum Gasteiger partial charge on any atom is -0.549 e. The lowest BCUT2D eigenvalue weighted by Crippen LogP contribution is -2.40. The molecule has 9 N–H and O–H groups in total. The van der Waals surface area contributed by atoms with E-state index in [1.165, 1.54) is 0 Å². The highest BCUT2D eigenvalue weighted by Gasteiger charge is 1.84. The summed E-state index contributed by atoms with van der Waals surface area (Å²) in [5, 5.41) is 21.2. The number of quaternary nitrogens is 2. The van der Waals surface area contributed by atoms with Gasteiger partial charge in [0, 0.05) is 13.1 Å². The van der Waals surface area contributed by atoms with Gasteiger partial charge in [0.05, 0.1) is 11.9 Å². The predicted octanol–water partition coefficient (Wildman–Crippen LogP) is -3.17. The van der Waals surface area contributed by atoms with Crippen molar-refractivity contribution in [2.24, 2.45) is 0 Å². The number of carbonyl (C=O) groups is 2. The Labute approximate surface area is 63.6 Å². The van der Waals surface area contributed by atoms with Crippen LogP contribution in [0.1, 0.15) is 0 Å². The first kappa shape index (κ1) is 16.4. The third-order valence-corrected chi connectivity index (χ3v) is 0.539. The first-order valence-electron chi connectivity index (χ1n) is 2.23. The summed E-state index contributed by atoms with van der Waals surface area (Å²) in [6.07, 6.45) is 0. The van der Waals surface area contributed by atoms with E-state index in [4.69, 9.17) is 0 Å². The molecule has 7 nitrogen and oxygen atoms in total. The van der Waals surface area contributed by atoms with Crippen LogP contribution in [0.3, 0.4) is 0 Å². The van der Waals surface area contributed by atoms with Crippen molar-refractivity contribution >= 4 is 11.9 Å². The van der Waals surface area contributed by atoms with Crippen LogP contribution in [0.25, 0.3) is 0 Å². The molecule has 7 heteroatoms. The Balaban J connectivity index is -0.000000320. The maximum atomic E-state index is 9.59. The molecule has 0 spiro atoms. The zero-order chi connectivity index (χ0) is 7.28. The van der Waals surface area contributed by atoms with Crippen molar-refractivity contribution in [3.8, 4) is 0 Å². The van der Waals surface area contributed by atoms with Gasteiger partial charge in [0.25, 0.3) is 0 Å². The van der Waals surface area contributed by atoms with Gasteiger partial charge in [0.2, 0.25) is 0 Å². The molecular weight excluding hydrogens is 154 g/mol. The minimum absolute atomic E-state index is 0. The maximum absolute atomic E-state index is 9.59. The van der Waals surface area contributed by atoms with Gasteiger partial charge >= 0.3 is 0 Å². The Morgan fingerprint density at radius 3 is 1.45 bits per heavy atom. The van der Waals surface area contributed by atoms with Crippen LogP contribution in [0.5, 0.6) is 0 Å². The molecule has 0 aliphatic rings. The highest BCUT2D eigenvalue weighted by molar-refractivity contribution is 5.70. The Bertz CT molecular complexity index is 113. The number of rotatable bonds is 4. The van der Waals surface area contributed by atoms with Crippen molar-refractivity contribution in [2.75, 3.05) is 13.1 Å². The van der Waals surface area contributed by atoms with Crippen LogP contribution in [0.2, 0.25) is 0 Å². The minimum atomic E-state index is -1.34. The quantitative estimate of drug-likeness (QED) is 0.401. The van der Waals surface area contributed by atoms with Crippen molar-refractivity contribution in [2.45, 2.75) is 0 Å². The molecule has 0 aliphatic heterocycles. The maximum Gasteiger partial charge on any atom is 0.0552 e. The molecule has 11 heavy (non-hydrogen) atoms. The monoisotopic (exact) mass is 167 g/mol. The van der Waals surface area contributed by atoms with Gasteiger partial charge < -0.3 is 37.4 Å². The van der Waals surface area contributed by atoms with E-state index in [2.05, 4.69) is 5.32 Å². The molecule has 0 aromatic rings. The summed E-state index contributed by atoms with van der Waals surface area (Å²) >= 11 is 0. The molecule has 0 amide bonds. The lowest BCUT2D eigenvalue weighted by atomic mass is 10.6. The lowest BCUT2D eigenvalue weighted by Gasteiger charge is -2.04. The molecule has 0 aromatic heterocycles. The fourth-order valence-corrected chi connectivity index (χ4v) is 0.267. The van der Waals surface area contributed by atoms with E-state index in [-0.39, 0.29) is 12.3 Å². The zero-order valence-electron chi connectivity index (χ0n) is 6.55.